The van der Waals surface area contributed by atoms with Gasteiger partial charge in [0.15, 0.2) is 0 Å². The average molecular weight is 384 g/mol. The molecule has 0 amide bonds. The third-order valence-corrected chi connectivity index (χ3v) is 3.61. The first kappa shape index (κ1) is 13.6. The first-order chi connectivity index (χ1) is 8.41. The smallest absolute Gasteiger partial charge is 0.239 e. The van der Waals surface area contributed by atoms with E-state index in [2.05, 4.69) is 37.0 Å². The molecule has 0 N–H and O–H groups in total. The molecule has 0 aliphatic heterocycles. The highest BCUT2D eigenvalue weighted by Crippen LogP contribution is 2.30. The monoisotopic (exact) mass is 382 g/mol. The van der Waals surface area contributed by atoms with Crippen molar-refractivity contribution in [1.29, 1.82) is 0 Å². The molecule has 2 aromatic rings. The molecule has 7 heteroatoms. The van der Waals surface area contributed by atoms with E-state index < -0.39 is 11.7 Å². The standard InChI is InChI=1S/C11H7Br2F3N2/c12-4-7-1-2-10(9(13)3-7)18-6-8(5-17-18)11(14,15)16/h1-3,5-6H,4H2. The summed E-state index contributed by atoms with van der Waals surface area (Å²) >= 11 is 6.63. The number of benzene rings is 1. The molecule has 0 aliphatic carbocycles. The fourth-order valence-electron chi connectivity index (χ4n) is 1.42. The lowest BCUT2D eigenvalue weighted by Crippen LogP contribution is -2.03. The number of halogens is 5. The van der Waals surface area contributed by atoms with Crippen LogP contribution >= 0.6 is 31.9 Å². The van der Waals surface area contributed by atoms with Gasteiger partial charge in [-0.25, -0.2) is 4.68 Å². The van der Waals surface area contributed by atoms with Crippen LogP contribution in [0.5, 0.6) is 0 Å². The quantitative estimate of drug-likeness (QED) is 0.695. The molecule has 0 bridgehead atoms. The van der Waals surface area contributed by atoms with E-state index in [0.717, 1.165) is 18.0 Å². The fourth-order valence-corrected chi connectivity index (χ4v) is 2.38. The van der Waals surface area contributed by atoms with Gasteiger partial charge >= 0.3 is 6.18 Å². The molecule has 2 rings (SSSR count). The van der Waals surface area contributed by atoms with Gasteiger partial charge in [-0.2, -0.15) is 18.3 Å². The first-order valence-corrected chi connectivity index (χ1v) is 6.80. The topological polar surface area (TPSA) is 17.8 Å². The maximum Gasteiger partial charge on any atom is 0.419 e. The summed E-state index contributed by atoms with van der Waals surface area (Å²) in [4.78, 5) is 0. The van der Waals surface area contributed by atoms with Crippen LogP contribution in [0.4, 0.5) is 13.2 Å². The summed E-state index contributed by atoms with van der Waals surface area (Å²) in [5.41, 5.74) is 0.822. The van der Waals surface area contributed by atoms with Crippen molar-refractivity contribution in [1.82, 2.24) is 9.78 Å². The molecule has 2 nitrogen and oxygen atoms in total. The molecule has 0 saturated heterocycles. The Morgan fingerprint density at radius 3 is 2.50 bits per heavy atom. The average Bonchev–Trinajstić information content (AvgIpc) is 2.77. The van der Waals surface area contributed by atoms with Gasteiger partial charge in [-0.1, -0.05) is 22.0 Å². The Morgan fingerprint density at radius 2 is 2.00 bits per heavy atom. The molecule has 0 radical (unpaired) electrons. The number of alkyl halides is 4. The van der Waals surface area contributed by atoms with Crippen molar-refractivity contribution in [3.05, 3.63) is 46.2 Å². The van der Waals surface area contributed by atoms with Crippen LogP contribution in [0.25, 0.3) is 5.69 Å². The van der Waals surface area contributed by atoms with Crippen molar-refractivity contribution < 1.29 is 13.2 Å². The van der Waals surface area contributed by atoms with Crippen LogP contribution < -0.4 is 0 Å². The van der Waals surface area contributed by atoms with Crippen LogP contribution in [0.2, 0.25) is 0 Å². The molecule has 1 heterocycles. The molecule has 0 aliphatic rings. The second-order valence-corrected chi connectivity index (χ2v) is 5.01. The Labute approximate surface area is 118 Å². The van der Waals surface area contributed by atoms with Gasteiger partial charge in [0, 0.05) is 16.0 Å². The second kappa shape index (κ2) is 5.05. The van der Waals surface area contributed by atoms with Gasteiger partial charge in [0.1, 0.15) is 0 Å². The van der Waals surface area contributed by atoms with Gasteiger partial charge in [0.05, 0.1) is 17.4 Å². The number of aromatic nitrogens is 2. The van der Waals surface area contributed by atoms with Crippen molar-refractivity contribution in [2.75, 3.05) is 0 Å². The van der Waals surface area contributed by atoms with Crippen LogP contribution in [0.1, 0.15) is 11.1 Å². The van der Waals surface area contributed by atoms with Crippen LogP contribution in [-0.4, -0.2) is 9.78 Å². The largest absolute Gasteiger partial charge is 0.419 e. The van der Waals surface area contributed by atoms with Crippen molar-refractivity contribution in [2.45, 2.75) is 11.5 Å². The van der Waals surface area contributed by atoms with Gasteiger partial charge in [-0.15, -0.1) is 0 Å². The zero-order valence-corrected chi connectivity index (χ0v) is 12.1. The van der Waals surface area contributed by atoms with Crippen molar-refractivity contribution in [3.63, 3.8) is 0 Å². The van der Waals surface area contributed by atoms with Crippen LogP contribution in [0, 0.1) is 0 Å². The van der Waals surface area contributed by atoms with Gasteiger partial charge in [0.25, 0.3) is 0 Å². The molecule has 1 aromatic heterocycles. The third-order valence-electron chi connectivity index (χ3n) is 2.32. The fraction of sp³-hybridized carbons (Fsp3) is 0.182. The summed E-state index contributed by atoms with van der Waals surface area (Å²) in [5.74, 6) is 0. The Morgan fingerprint density at radius 1 is 1.28 bits per heavy atom. The number of hydrogen-bond donors (Lipinski definition) is 0. The summed E-state index contributed by atoms with van der Waals surface area (Å²) in [5, 5.41) is 4.40. The van der Waals surface area contributed by atoms with Crippen molar-refractivity contribution >= 4 is 31.9 Å². The molecule has 0 spiro atoms. The second-order valence-electron chi connectivity index (χ2n) is 3.59. The number of nitrogens with zero attached hydrogens (tertiary/aromatic N) is 2. The molecule has 0 saturated carbocycles. The Balaban J connectivity index is 2.40. The van der Waals surface area contributed by atoms with E-state index in [1.807, 2.05) is 12.1 Å². The molecule has 0 unspecified atom stereocenters. The van der Waals surface area contributed by atoms with E-state index in [1.54, 1.807) is 6.07 Å². The predicted molar refractivity (Wildman–Crippen MR) is 68.9 cm³/mol. The van der Waals surface area contributed by atoms with Gasteiger partial charge in [-0.3, -0.25) is 0 Å². The molecular weight excluding hydrogens is 377 g/mol. The van der Waals surface area contributed by atoms with Crippen LogP contribution in [0.15, 0.2) is 35.1 Å². The summed E-state index contributed by atoms with van der Waals surface area (Å²) in [6.07, 6.45) is -2.60. The first-order valence-electron chi connectivity index (χ1n) is 4.88. The zero-order valence-electron chi connectivity index (χ0n) is 8.88. The molecule has 18 heavy (non-hydrogen) atoms. The summed E-state index contributed by atoms with van der Waals surface area (Å²) in [7, 11) is 0. The minimum Gasteiger partial charge on any atom is -0.239 e. The molecule has 1 aromatic carbocycles. The lowest BCUT2D eigenvalue weighted by molar-refractivity contribution is -0.137. The summed E-state index contributed by atoms with van der Waals surface area (Å²) in [6, 6.07) is 5.37. The van der Waals surface area contributed by atoms with E-state index in [-0.39, 0.29) is 0 Å². The van der Waals surface area contributed by atoms with Crippen molar-refractivity contribution in [3.8, 4) is 5.69 Å². The van der Waals surface area contributed by atoms with Gasteiger partial charge < -0.3 is 0 Å². The SMILES string of the molecule is FC(F)(F)c1cnn(-c2ccc(CBr)cc2Br)c1. The zero-order chi connectivity index (χ0) is 13.3. The third kappa shape index (κ3) is 2.77. The molecule has 96 valence electrons. The molecule has 0 fully saturated rings. The van der Waals surface area contributed by atoms with Crippen LogP contribution in [0.3, 0.4) is 0 Å². The number of hydrogen-bond acceptors (Lipinski definition) is 1. The van der Waals surface area contributed by atoms with Gasteiger partial charge in [0.2, 0.25) is 0 Å². The minimum absolute atomic E-state index is 0.565. The molecular formula is C11H7Br2F3N2. The highest BCUT2D eigenvalue weighted by molar-refractivity contribution is 9.10. The van der Waals surface area contributed by atoms with Crippen molar-refractivity contribution in [2.24, 2.45) is 0 Å². The molecule has 0 atom stereocenters. The lowest BCUT2D eigenvalue weighted by Gasteiger charge is -2.06. The van der Waals surface area contributed by atoms with E-state index in [0.29, 0.717) is 15.5 Å². The summed E-state index contributed by atoms with van der Waals surface area (Å²) in [6.45, 7) is 0. The van der Waals surface area contributed by atoms with E-state index >= 15 is 0 Å². The predicted octanol–water partition coefficient (Wildman–Crippen LogP) is 4.55. The number of rotatable bonds is 2. The lowest BCUT2D eigenvalue weighted by atomic mass is 10.2. The van der Waals surface area contributed by atoms with E-state index in [4.69, 9.17) is 0 Å². The maximum absolute atomic E-state index is 12.5. The highest BCUT2D eigenvalue weighted by Gasteiger charge is 2.32. The Hall–Kier alpha value is -0.820. The van der Waals surface area contributed by atoms with Gasteiger partial charge in [-0.05, 0) is 33.6 Å². The summed E-state index contributed by atoms with van der Waals surface area (Å²) < 4.78 is 39.3. The Kier molecular flexibility index (Phi) is 3.82. The normalized spacial score (nSPS) is 11.8. The van der Waals surface area contributed by atoms with Crippen LogP contribution in [-0.2, 0) is 11.5 Å². The highest BCUT2D eigenvalue weighted by atomic mass is 79.9. The maximum atomic E-state index is 12.5. The van der Waals surface area contributed by atoms with E-state index in [9.17, 15) is 13.2 Å². The Bertz CT molecular complexity index is 564. The van der Waals surface area contributed by atoms with E-state index in [1.165, 1.54) is 4.68 Å². The minimum atomic E-state index is -4.37.